The third kappa shape index (κ3) is 9.96. The minimum Gasteiger partial charge on any atom is -0.317 e. The molecule has 2 fully saturated rings. The van der Waals surface area contributed by atoms with Gasteiger partial charge in [0, 0.05) is 0 Å². The third-order valence-corrected chi connectivity index (χ3v) is 4.13. The Bertz CT molecular complexity index is 138. The van der Waals surface area contributed by atoms with Crippen molar-refractivity contribution < 1.29 is 0 Å². The van der Waals surface area contributed by atoms with Gasteiger partial charge < -0.3 is 5.32 Å². The fourth-order valence-corrected chi connectivity index (χ4v) is 2.74. The molecule has 0 spiro atoms. The van der Waals surface area contributed by atoms with E-state index in [1.54, 1.807) is 0 Å². The Morgan fingerprint density at radius 1 is 0.941 bits per heavy atom. The summed E-state index contributed by atoms with van der Waals surface area (Å²) in [6, 6.07) is 0. The summed E-state index contributed by atoms with van der Waals surface area (Å²) in [6.45, 7) is 8.76. The third-order valence-electron chi connectivity index (χ3n) is 3.61. The highest BCUT2D eigenvalue weighted by molar-refractivity contribution is 7.80. The Labute approximate surface area is 115 Å². The van der Waals surface area contributed by atoms with Crippen LogP contribution in [0.1, 0.15) is 65.7 Å². The van der Waals surface area contributed by atoms with Crippen LogP contribution in [0.15, 0.2) is 0 Å². The van der Waals surface area contributed by atoms with Gasteiger partial charge in [0.2, 0.25) is 0 Å². The predicted octanol–water partition coefficient (Wildman–Crippen LogP) is 4.53. The molecule has 0 unspecified atom stereocenters. The van der Waals surface area contributed by atoms with E-state index in [0.29, 0.717) is 0 Å². The van der Waals surface area contributed by atoms with Gasteiger partial charge in [0.15, 0.2) is 0 Å². The standard InChI is InChI=1S/C7H14.C6H13NS.C2H6/c1-7-5-3-2-4-6-7;8-5-6-1-3-7-4-2-6;1-2/h7H,2-6H2,1H3;6-8H,1-5H2;1-2H3. The summed E-state index contributed by atoms with van der Waals surface area (Å²) in [7, 11) is 0. The predicted molar refractivity (Wildman–Crippen MR) is 83.0 cm³/mol. The van der Waals surface area contributed by atoms with Gasteiger partial charge in [-0.25, -0.2) is 0 Å². The van der Waals surface area contributed by atoms with Crippen molar-refractivity contribution in [3.63, 3.8) is 0 Å². The molecule has 2 heteroatoms. The topological polar surface area (TPSA) is 12.0 Å². The van der Waals surface area contributed by atoms with E-state index in [1.165, 1.54) is 58.0 Å². The van der Waals surface area contributed by atoms with Crippen molar-refractivity contribution >= 4 is 12.6 Å². The molecule has 0 aromatic carbocycles. The molecular weight excluding hydrogens is 226 g/mol. The zero-order chi connectivity index (χ0) is 12.9. The lowest BCUT2D eigenvalue weighted by Crippen LogP contribution is -2.28. The van der Waals surface area contributed by atoms with Crippen LogP contribution in [0, 0.1) is 11.8 Å². The van der Waals surface area contributed by atoms with Crippen LogP contribution in [0.25, 0.3) is 0 Å². The number of nitrogens with one attached hydrogen (secondary N) is 1. The van der Waals surface area contributed by atoms with Crippen LogP contribution < -0.4 is 5.32 Å². The molecule has 1 heterocycles. The molecule has 0 bridgehead atoms. The first-order chi connectivity index (χ1) is 8.33. The Morgan fingerprint density at radius 2 is 1.47 bits per heavy atom. The van der Waals surface area contributed by atoms with Crippen molar-refractivity contribution in [1.29, 1.82) is 0 Å². The molecule has 0 aromatic rings. The second-order valence-electron chi connectivity index (χ2n) is 5.12. The fraction of sp³-hybridized carbons (Fsp3) is 1.00. The number of piperidine rings is 1. The van der Waals surface area contributed by atoms with Crippen molar-refractivity contribution in [2.45, 2.75) is 65.7 Å². The summed E-state index contributed by atoms with van der Waals surface area (Å²) < 4.78 is 0. The summed E-state index contributed by atoms with van der Waals surface area (Å²) in [5.41, 5.74) is 0. The van der Waals surface area contributed by atoms with Crippen LogP contribution in [0.4, 0.5) is 0 Å². The zero-order valence-electron chi connectivity index (χ0n) is 12.2. The lowest BCUT2D eigenvalue weighted by molar-refractivity contribution is 0.385. The number of thiol groups is 1. The van der Waals surface area contributed by atoms with E-state index in [4.69, 9.17) is 0 Å². The molecule has 1 N–H and O–H groups in total. The number of rotatable bonds is 1. The summed E-state index contributed by atoms with van der Waals surface area (Å²) >= 11 is 4.24. The average Bonchev–Trinajstić information content (AvgIpc) is 2.43. The summed E-state index contributed by atoms with van der Waals surface area (Å²) in [4.78, 5) is 0. The molecule has 0 radical (unpaired) electrons. The van der Waals surface area contributed by atoms with Crippen LogP contribution in [-0.4, -0.2) is 18.8 Å². The van der Waals surface area contributed by atoms with Crippen LogP contribution >= 0.6 is 12.6 Å². The van der Waals surface area contributed by atoms with Gasteiger partial charge in [-0.1, -0.05) is 52.9 Å². The molecule has 1 saturated carbocycles. The molecule has 0 aromatic heterocycles. The minimum atomic E-state index is 0.889. The van der Waals surface area contributed by atoms with Crippen molar-refractivity contribution in [1.82, 2.24) is 5.32 Å². The molecule has 104 valence electrons. The van der Waals surface area contributed by atoms with Gasteiger partial charge in [-0.15, -0.1) is 0 Å². The maximum absolute atomic E-state index is 4.24. The SMILES string of the molecule is CC.CC1CCCCC1.SCC1CCNCC1. The number of hydrogen-bond donors (Lipinski definition) is 2. The molecule has 2 rings (SSSR count). The van der Waals surface area contributed by atoms with E-state index in [-0.39, 0.29) is 0 Å². The Hall–Kier alpha value is 0.310. The van der Waals surface area contributed by atoms with Gasteiger partial charge in [0.1, 0.15) is 0 Å². The highest BCUT2D eigenvalue weighted by atomic mass is 32.1. The zero-order valence-corrected chi connectivity index (χ0v) is 13.1. The smallest absolute Gasteiger partial charge is 0.00460 e. The van der Waals surface area contributed by atoms with Gasteiger partial charge in [0.05, 0.1) is 0 Å². The lowest BCUT2D eigenvalue weighted by atomic mass is 9.91. The normalized spacial score (nSPS) is 21.9. The van der Waals surface area contributed by atoms with E-state index < -0.39 is 0 Å². The monoisotopic (exact) mass is 259 g/mol. The lowest BCUT2D eigenvalue weighted by Gasteiger charge is -2.19. The highest BCUT2D eigenvalue weighted by Gasteiger charge is 2.09. The van der Waals surface area contributed by atoms with E-state index in [9.17, 15) is 0 Å². The fourth-order valence-electron chi connectivity index (χ4n) is 2.37. The first kappa shape index (κ1) is 17.3. The van der Waals surface area contributed by atoms with Gasteiger partial charge in [-0.2, -0.15) is 12.6 Å². The van der Waals surface area contributed by atoms with Crippen LogP contribution in [0.5, 0.6) is 0 Å². The second-order valence-corrected chi connectivity index (χ2v) is 5.48. The van der Waals surface area contributed by atoms with E-state index in [2.05, 4.69) is 24.9 Å². The first-order valence-electron chi connectivity index (χ1n) is 7.64. The highest BCUT2D eigenvalue weighted by Crippen LogP contribution is 2.22. The Morgan fingerprint density at radius 3 is 1.76 bits per heavy atom. The molecule has 1 saturated heterocycles. The van der Waals surface area contributed by atoms with Gasteiger partial charge in [-0.05, 0) is 43.5 Å². The minimum absolute atomic E-state index is 0.889. The molecule has 0 amide bonds. The maximum atomic E-state index is 4.24. The largest absolute Gasteiger partial charge is 0.317 e. The molecular formula is C15H33NS. The molecule has 2 aliphatic rings. The molecule has 1 nitrogen and oxygen atoms in total. The number of hydrogen-bond acceptors (Lipinski definition) is 2. The van der Waals surface area contributed by atoms with Gasteiger partial charge >= 0.3 is 0 Å². The van der Waals surface area contributed by atoms with Gasteiger partial charge in [0.25, 0.3) is 0 Å². The summed E-state index contributed by atoms with van der Waals surface area (Å²) in [5, 5.41) is 3.32. The van der Waals surface area contributed by atoms with E-state index >= 15 is 0 Å². The first-order valence-corrected chi connectivity index (χ1v) is 8.27. The van der Waals surface area contributed by atoms with E-state index in [1.807, 2.05) is 13.8 Å². The molecule has 0 atom stereocenters. The molecule has 17 heavy (non-hydrogen) atoms. The van der Waals surface area contributed by atoms with Crippen molar-refractivity contribution in [2.24, 2.45) is 11.8 Å². The van der Waals surface area contributed by atoms with E-state index in [0.717, 1.165) is 17.6 Å². The second kappa shape index (κ2) is 12.8. The molecule has 1 aliphatic carbocycles. The van der Waals surface area contributed by atoms with Crippen molar-refractivity contribution in [2.75, 3.05) is 18.8 Å². The summed E-state index contributed by atoms with van der Waals surface area (Å²) in [6.07, 6.45) is 10.1. The van der Waals surface area contributed by atoms with Gasteiger partial charge in [-0.3, -0.25) is 0 Å². The van der Waals surface area contributed by atoms with Crippen LogP contribution in [-0.2, 0) is 0 Å². The Balaban J connectivity index is 0.000000265. The maximum Gasteiger partial charge on any atom is -0.00460 e. The quantitative estimate of drug-likeness (QED) is 0.659. The van der Waals surface area contributed by atoms with Crippen LogP contribution in [0.2, 0.25) is 0 Å². The average molecular weight is 260 g/mol. The Kier molecular flexibility index (Phi) is 13.0. The van der Waals surface area contributed by atoms with Crippen molar-refractivity contribution in [3.05, 3.63) is 0 Å². The summed E-state index contributed by atoms with van der Waals surface area (Å²) in [5.74, 6) is 3.00. The van der Waals surface area contributed by atoms with Crippen molar-refractivity contribution in [3.8, 4) is 0 Å². The molecule has 1 aliphatic heterocycles. The van der Waals surface area contributed by atoms with Crippen LogP contribution in [0.3, 0.4) is 0 Å².